The second-order valence-electron chi connectivity index (χ2n) is 6.40. The van der Waals surface area contributed by atoms with Crippen molar-refractivity contribution < 1.29 is 14.5 Å². The minimum absolute atomic E-state index is 0.204. The molecule has 9 heteroatoms. The first-order valence-corrected chi connectivity index (χ1v) is 9.23. The third-order valence-corrected chi connectivity index (χ3v) is 4.80. The molecule has 3 rings (SSSR count). The van der Waals surface area contributed by atoms with Gasteiger partial charge in [0.1, 0.15) is 11.5 Å². The van der Waals surface area contributed by atoms with Crippen molar-refractivity contribution in [2.75, 3.05) is 5.32 Å². The maximum absolute atomic E-state index is 12.6. The molecule has 1 heterocycles. The summed E-state index contributed by atoms with van der Waals surface area (Å²) in [4.78, 5) is 23.4. The van der Waals surface area contributed by atoms with Crippen LogP contribution in [0, 0.1) is 24.0 Å². The molecule has 1 amide bonds. The summed E-state index contributed by atoms with van der Waals surface area (Å²) < 4.78 is 7.44. The summed E-state index contributed by atoms with van der Waals surface area (Å²) in [7, 11) is 0. The van der Waals surface area contributed by atoms with E-state index in [4.69, 9.17) is 16.3 Å². The Bertz CT molecular complexity index is 1090. The van der Waals surface area contributed by atoms with Crippen molar-refractivity contribution in [1.29, 1.82) is 0 Å². The lowest BCUT2D eigenvalue weighted by molar-refractivity contribution is -0.384. The van der Waals surface area contributed by atoms with E-state index in [2.05, 4.69) is 10.4 Å². The zero-order chi connectivity index (χ0) is 21.1. The Balaban J connectivity index is 1.90. The molecule has 0 spiro atoms. The van der Waals surface area contributed by atoms with Gasteiger partial charge in [-0.2, -0.15) is 5.10 Å². The maximum Gasteiger partial charge on any atom is 0.275 e. The van der Waals surface area contributed by atoms with E-state index in [0.29, 0.717) is 28.6 Å². The number of non-ortho nitro benzene ring substituents is 1. The topological polar surface area (TPSA) is 99.3 Å². The summed E-state index contributed by atoms with van der Waals surface area (Å²) in [5, 5.41) is 18.7. The summed E-state index contributed by atoms with van der Waals surface area (Å²) in [5.74, 6) is 0.290. The van der Waals surface area contributed by atoms with Crippen molar-refractivity contribution >= 4 is 28.9 Å². The molecule has 0 aliphatic rings. The lowest BCUT2D eigenvalue weighted by Crippen LogP contribution is -2.13. The van der Waals surface area contributed by atoms with Gasteiger partial charge in [-0.15, -0.1) is 0 Å². The SMILES string of the molecule is CCn1ncc(C(=O)Nc2cc(Oc3ccc(Cl)c(C)c3)cc([N+](=O)[O-])c2)c1C. The minimum atomic E-state index is -0.546. The number of anilines is 1. The highest BCUT2D eigenvalue weighted by Crippen LogP contribution is 2.31. The summed E-state index contributed by atoms with van der Waals surface area (Å²) in [6.45, 7) is 6.17. The highest BCUT2D eigenvalue weighted by molar-refractivity contribution is 6.31. The molecule has 3 aromatic rings. The van der Waals surface area contributed by atoms with Crippen LogP contribution in [-0.2, 0) is 6.54 Å². The van der Waals surface area contributed by atoms with E-state index in [1.807, 2.05) is 13.8 Å². The van der Waals surface area contributed by atoms with Crippen molar-refractivity contribution in [1.82, 2.24) is 9.78 Å². The van der Waals surface area contributed by atoms with Crippen LogP contribution in [0.4, 0.5) is 11.4 Å². The number of ether oxygens (including phenoxy) is 1. The molecular formula is C20H19ClN4O4. The lowest BCUT2D eigenvalue weighted by Gasteiger charge is -2.10. The van der Waals surface area contributed by atoms with Crippen molar-refractivity contribution in [2.45, 2.75) is 27.3 Å². The lowest BCUT2D eigenvalue weighted by atomic mass is 10.2. The highest BCUT2D eigenvalue weighted by atomic mass is 35.5. The minimum Gasteiger partial charge on any atom is -0.457 e. The number of benzene rings is 2. The van der Waals surface area contributed by atoms with E-state index in [0.717, 1.165) is 5.56 Å². The number of carbonyl (C=O) groups is 1. The standard InChI is InChI=1S/C20H19ClN4O4/c1-4-24-13(3)18(11-22-24)20(26)23-14-8-15(25(27)28)10-17(9-14)29-16-5-6-19(21)12(2)7-16/h5-11H,4H2,1-3H3,(H,23,26). The van der Waals surface area contributed by atoms with Gasteiger partial charge in [0.2, 0.25) is 0 Å². The van der Waals surface area contributed by atoms with Crippen molar-refractivity contribution in [3.63, 3.8) is 0 Å². The first-order chi connectivity index (χ1) is 13.8. The summed E-state index contributed by atoms with van der Waals surface area (Å²) in [6.07, 6.45) is 1.47. The van der Waals surface area contributed by atoms with Crippen LogP contribution in [0.1, 0.15) is 28.5 Å². The Morgan fingerprint density at radius 1 is 1.24 bits per heavy atom. The predicted octanol–water partition coefficient (Wildman–Crippen LogP) is 5.13. The summed E-state index contributed by atoms with van der Waals surface area (Å²) in [6, 6.07) is 9.16. The van der Waals surface area contributed by atoms with Crippen LogP contribution < -0.4 is 10.1 Å². The van der Waals surface area contributed by atoms with Gasteiger partial charge >= 0.3 is 0 Å². The molecule has 0 unspecified atom stereocenters. The Labute approximate surface area is 172 Å². The number of aromatic nitrogens is 2. The zero-order valence-electron chi connectivity index (χ0n) is 16.1. The molecule has 1 N–H and O–H groups in total. The number of nitrogens with one attached hydrogen (secondary N) is 1. The van der Waals surface area contributed by atoms with E-state index >= 15 is 0 Å². The van der Waals surface area contributed by atoms with Crippen molar-refractivity contribution in [3.05, 3.63) is 74.6 Å². The van der Waals surface area contributed by atoms with Gasteiger partial charge in [-0.1, -0.05) is 11.6 Å². The normalized spacial score (nSPS) is 10.6. The highest BCUT2D eigenvalue weighted by Gasteiger charge is 2.17. The average molecular weight is 415 g/mol. The number of nitro groups is 1. The van der Waals surface area contributed by atoms with Crippen LogP contribution in [0.5, 0.6) is 11.5 Å². The molecule has 29 heavy (non-hydrogen) atoms. The molecule has 0 saturated carbocycles. The smallest absolute Gasteiger partial charge is 0.275 e. The van der Waals surface area contributed by atoms with Crippen LogP contribution in [0.15, 0.2) is 42.6 Å². The molecule has 0 saturated heterocycles. The third kappa shape index (κ3) is 4.55. The summed E-state index contributed by atoms with van der Waals surface area (Å²) >= 11 is 6.02. The third-order valence-electron chi connectivity index (χ3n) is 4.37. The van der Waals surface area contributed by atoms with E-state index in [-0.39, 0.29) is 17.1 Å². The van der Waals surface area contributed by atoms with E-state index < -0.39 is 10.8 Å². The van der Waals surface area contributed by atoms with Crippen molar-refractivity contribution in [2.24, 2.45) is 0 Å². The quantitative estimate of drug-likeness (QED) is 0.445. The first kappa shape index (κ1) is 20.3. The van der Waals surface area contributed by atoms with Crippen LogP contribution in [0.3, 0.4) is 0 Å². The molecular weight excluding hydrogens is 396 g/mol. The van der Waals surface area contributed by atoms with E-state index in [1.54, 1.807) is 29.8 Å². The number of halogens is 1. The Morgan fingerprint density at radius 2 is 2.00 bits per heavy atom. The Morgan fingerprint density at radius 3 is 2.62 bits per heavy atom. The molecule has 1 aromatic heterocycles. The molecule has 0 radical (unpaired) electrons. The van der Waals surface area contributed by atoms with Gasteiger partial charge in [0.05, 0.1) is 28.4 Å². The van der Waals surface area contributed by atoms with Gasteiger partial charge in [0, 0.05) is 29.4 Å². The van der Waals surface area contributed by atoms with Gasteiger partial charge in [-0.25, -0.2) is 0 Å². The van der Waals surface area contributed by atoms with Gasteiger partial charge in [0.15, 0.2) is 0 Å². The second kappa shape index (κ2) is 8.32. The van der Waals surface area contributed by atoms with Crippen LogP contribution >= 0.6 is 11.6 Å². The average Bonchev–Trinajstić information content (AvgIpc) is 3.05. The van der Waals surface area contributed by atoms with E-state index in [9.17, 15) is 14.9 Å². The van der Waals surface area contributed by atoms with Gasteiger partial charge in [-0.05, 0) is 44.5 Å². The number of amides is 1. The maximum atomic E-state index is 12.6. The predicted molar refractivity (Wildman–Crippen MR) is 110 cm³/mol. The van der Waals surface area contributed by atoms with Crippen molar-refractivity contribution in [3.8, 4) is 11.5 Å². The number of nitro benzene ring substituents is 1. The Kier molecular flexibility index (Phi) is 5.84. The first-order valence-electron chi connectivity index (χ1n) is 8.85. The number of aryl methyl sites for hydroxylation is 2. The molecule has 0 fully saturated rings. The number of rotatable bonds is 6. The van der Waals surface area contributed by atoms with Gasteiger partial charge in [0.25, 0.3) is 11.6 Å². The number of hydrogen-bond acceptors (Lipinski definition) is 5. The molecule has 150 valence electrons. The fourth-order valence-electron chi connectivity index (χ4n) is 2.82. The zero-order valence-corrected chi connectivity index (χ0v) is 16.9. The molecule has 2 aromatic carbocycles. The van der Waals surface area contributed by atoms with Gasteiger partial charge in [-0.3, -0.25) is 19.6 Å². The Hall–Kier alpha value is -3.39. The monoisotopic (exact) mass is 414 g/mol. The summed E-state index contributed by atoms with van der Waals surface area (Å²) in [5.41, 5.74) is 1.96. The second-order valence-corrected chi connectivity index (χ2v) is 6.81. The molecule has 0 aliphatic heterocycles. The van der Waals surface area contributed by atoms with E-state index in [1.165, 1.54) is 24.4 Å². The molecule has 8 nitrogen and oxygen atoms in total. The van der Waals surface area contributed by atoms with Crippen LogP contribution in [-0.4, -0.2) is 20.6 Å². The number of nitrogens with zero attached hydrogens (tertiary/aromatic N) is 3. The number of hydrogen-bond donors (Lipinski definition) is 1. The van der Waals surface area contributed by atoms with Gasteiger partial charge < -0.3 is 10.1 Å². The fraction of sp³-hybridized carbons (Fsp3) is 0.200. The van der Waals surface area contributed by atoms with Crippen LogP contribution in [0.25, 0.3) is 0 Å². The molecule has 0 bridgehead atoms. The number of carbonyl (C=O) groups excluding carboxylic acids is 1. The van der Waals surface area contributed by atoms with Crippen LogP contribution in [0.2, 0.25) is 5.02 Å². The molecule has 0 aliphatic carbocycles. The molecule has 0 atom stereocenters. The fourth-order valence-corrected chi connectivity index (χ4v) is 2.94. The largest absolute Gasteiger partial charge is 0.457 e.